The maximum atomic E-state index is 11.9. The maximum absolute atomic E-state index is 11.9. The minimum absolute atomic E-state index is 0.103. The van der Waals surface area contributed by atoms with Crippen molar-refractivity contribution in [3.63, 3.8) is 0 Å². The van der Waals surface area contributed by atoms with E-state index in [0.717, 1.165) is 33.2 Å². The van der Waals surface area contributed by atoms with Crippen molar-refractivity contribution in [2.24, 2.45) is 7.05 Å². The van der Waals surface area contributed by atoms with E-state index >= 15 is 0 Å². The van der Waals surface area contributed by atoms with E-state index in [-0.39, 0.29) is 11.7 Å². The van der Waals surface area contributed by atoms with Crippen LogP contribution in [0.2, 0.25) is 0 Å². The highest BCUT2D eigenvalue weighted by Crippen LogP contribution is 2.36. The predicted molar refractivity (Wildman–Crippen MR) is 96.3 cm³/mol. The lowest BCUT2D eigenvalue weighted by Gasteiger charge is -2.26. The van der Waals surface area contributed by atoms with Gasteiger partial charge < -0.3 is 4.74 Å². The van der Waals surface area contributed by atoms with E-state index in [2.05, 4.69) is 28.3 Å². The molecule has 128 valence electrons. The summed E-state index contributed by atoms with van der Waals surface area (Å²) >= 11 is 0. The third-order valence-electron chi connectivity index (χ3n) is 5.02. The topological polar surface area (TPSA) is 57.0 Å². The lowest BCUT2D eigenvalue weighted by Crippen LogP contribution is -2.20. The zero-order valence-corrected chi connectivity index (χ0v) is 14.5. The summed E-state index contributed by atoms with van der Waals surface area (Å²) in [4.78, 5) is 16.4. The fourth-order valence-corrected chi connectivity index (χ4v) is 3.58. The number of nitrogens with zero attached hydrogens (tertiary/aromatic N) is 3. The number of Topliss-reactive ketones (excluding diaryl/α,β-unsaturated/α-hetero) is 1. The van der Waals surface area contributed by atoms with Crippen LogP contribution in [0.4, 0.5) is 0 Å². The molecule has 3 aromatic rings. The SMILES string of the molecule is CCC(=O)CC1COCc2c(-c3ccc4c(cnn4C)c3)cncc21. The molecule has 0 spiro atoms. The number of rotatable bonds is 4. The number of pyridine rings is 1. The summed E-state index contributed by atoms with van der Waals surface area (Å²) < 4.78 is 7.68. The van der Waals surface area contributed by atoms with Gasteiger partial charge in [-0.25, -0.2) is 0 Å². The van der Waals surface area contributed by atoms with E-state index in [4.69, 9.17) is 4.74 Å². The van der Waals surface area contributed by atoms with Crippen molar-refractivity contribution in [3.8, 4) is 11.1 Å². The zero-order valence-electron chi connectivity index (χ0n) is 14.5. The first-order chi connectivity index (χ1) is 12.2. The van der Waals surface area contributed by atoms with Crippen molar-refractivity contribution in [3.05, 3.63) is 47.9 Å². The van der Waals surface area contributed by atoms with Gasteiger partial charge in [-0.15, -0.1) is 0 Å². The standard InChI is InChI=1S/C20H21N3O2/c1-3-16(24)7-15-11-25-12-19-17(9-21-10-18(15)19)13-4-5-20-14(6-13)8-22-23(20)2/h4-6,8-10,15H,3,7,11-12H2,1-2H3. The van der Waals surface area contributed by atoms with Gasteiger partial charge in [0.25, 0.3) is 0 Å². The summed E-state index contributed by atoms with van der Waals surface area (Å²) in [7, 11) is 1.94. The van der Waals surface area contributed by atoms with Crippen LogP contribution >= 0.6 is 0 Å². The Bertz CT molecular complexity index is 945. The molecule has 2 aromatic heterocycles. The molecule has 0 amide bonds. The van der Waals surface area contributed by atoms with Crippen LogP contribution in [0.1, 0.15) is 36.8 Å². The molecule has 0 aliphatic carbocycles. The largest absolute Gasteiger partial charge is 0.376 e. The second-order valence-electron chi connectivity index (χ2n) is 6.61. The van der Waals surface area contributed by atoms with Gasteiger partial charge >= 0.3 is 0 Å². The lowest BCUT2D eigenvalue weighted by atomic mass is 9.86. The lowest BCUT2D eigenvalue weighted by molar-refractivity contribution is -0.119. The zero-order chi connectivity index (χ0) is 17.4. The van der Waals surface area contributed by atoms with Crippen LogP contribution in [0, 0.1) is 0 Å². The number of fused-ring (bicyclic) bond motifs is 2. The number of carbonyl (C=O) groups is 1. The van der Waals surface area contributed by atoms with Crippen molar-refractivity contribution >= 4 is 16.7 Å². The molecule has 4 rings (SSSR count). The molecule has 1 aromatic carbocycles. The number of ketones is 1. The summed E-state index contributed by atoms with van der Waals surface area (Å²) in [6.45, 7) is 3.06. The highest BCUT2D eigenvalue weighted by Gasteiger charge is 2.25. The second kappa shape index (κ2) is 6.41. The van der Waals surface area contributed by atoms with Crippen LogP contribution in [-0.2, 0) is 23.2 Å². The van der Waals surface area contributed by atoms with Gasteiger partial charge in [0, 0.05) is 49.2 Å². The molecule has 1 aliphatic heterocycles. The molecule has 0 radical (unpaired) electrons. The smallest absolute Gasteiger partial charge is 0.133 e. The second-order valence-corrected chi connectivity index (χ2v) is 6.61. The van der Waals surface area contributed by atoms with Gasteiger partial charge in [-0.2, -0.15) is 5.10 Å². The third-order valence-corrected chi connectivity index (χ3v) is 5.02. The van der Waals surface area contributed by atoms with Crippen molar-refractivity contribution in [1.82, 2.24) is 14.8 Å². The summed E-state index contributed by atoms with van der Waals surface area (Å²) in [6.07, 6.45) is 6.76. The predicted octanol–water partition coefficient (Wildman–Crippen LogP) is 3.62. The molecule has 0 fully saturated rings. The minimum atomic E-state index is 0.103. The van der Waals surface area contributed by atoms with Crippen molar-refractivity contribution in [2.45, 2.75) is 32.3 Å². The fraction of sp³-hybridized carbons (Fsp3) is 0.350. The number of carbonyl (C=O) groups excluding carboxylic acids is 1. The Kier molecular flexibility index (Phi) is 4.09. The van der Waals surface area contributed by atoms with Crippen LogP contribution in [-0.4, -0.2) is 27.2 Å². The molecule has 0 saturated carbocycles. The fourth-order valence-electron chi connectivity index (χ4n) is 3.58. The van der Waals surface area contributed by atoms with Crippen molar-refractivity contribution in [1.29, 1.82) is 0 Å². The van der Waals surface area contributed by atoms with E-state index < -0.39 is 0 Å². The molecule has 0 saturated heterocycles. The Balaban J connectivity index is 1.77. The van der Waals surface area contributed by atoms with E-state index in [9.17, 15) is 4.79 Å². The quantitative estimate of drug-likeness (QED) is 0.731. The van der Waals surface area contributed by atoms with Gasteiger partial charge in [0.1, 0.15) is 5.78 Å². The highest BCUT2D eigenvalue weighted by atomic mass is 16.5. The highest BCUT2D eigenvalue weighted by molar-refractivity contribution is 5.85. The summed E-state index contributed by atoms with van der Waals surface area (Å²) in [6, 6.07) is 6.32. The summed E-state index contributed by atoms with van der Waals surface area (Å²) in [5, 5.41) is 5.41. The number of aromatic nitrogens is 3. The molecular formula is C20H21N3O2. The molecule has 0 bridgehead atoms. The minimum Gasteiger partial charge on any atom is -0.376 e. The molecule has 5 nitrogen and oxygen atoms in total. The van der Waals surface area contributed by atoms with Crippen LogP contribution < -0.4 is 0 Å². The molecular weight excluding hydrogens is 314 g/mol. The van der Waals surface area contributed by atoms with Crippen LogP contribution in [0.15, 0.2) is 36.8 Å². The summed E-state index contributed by atoms with van der Waals surface area (Å²) in [5.74, 6) is 0.370. The Morgan fingerprint density at radius 1 is 1.32 bits per heavy atom. The molecule has 1 aliphatic rings. The first-order valence-corrected chi connectivity index (χ1v) is 8.65. The average Bonchev–Trinajstić information content (AvgIpc) is 3.02. The van der Waals surface area contributed by atoms with Gasteiger partial charge in [0.15, 0.2) is 0 Å². The first-order valence-electron chi connectivity index (χ1n) is 8.65. The van der Waals surface area contributed by atoms with E-state index in [0.29, 0.717) is 26.1 Å². The van der Waals surface area contributed by atoms with Gasteiger partial charge in [-0.1, -0.05) is 13.0 Å². The van der Waals surface area contributed by atoms with Gasteiger partial charge in [0.2, 0.25) is 0 Å². The number of aryl methyl sites for hydroxylation is 1. The van der Waals surface area contributed by atoms with E-state index in [1.54, 1.807) is 0 Å². The number of hydrogen-bond acceptors (Lipinski definition) is 4. The third kappa shape index (κ3) is 2.85. The normalized spacial score (nSPS) is 16.8. The van der Waals surface area contributed by atoms with Gasteiger partial charge in [-0.3, -0.25) is 14.5 Å². The molecule has 3 heterocycles. The Morgan fingerprint density at radius 3 is 3.04 bits per heavy atom. The van der Waals surface area contributed by atoms with Crippen molar-refractivity contribution in [2.75, 3.05) is 6.61 Å². The van der Waals surface area contributed by atoms with Gasteiger partial charge in [-0.05, 0) is 28.8 Å². The van der Waals surface area contributed by atoms with Gasteiger partial charge in [0.05, 0.1) is 24.9 Å². The van der Waals surface area contributed by atoms with Crippen molar-refractivity contribution < 1.29 is 9.53 Å². The van der Waals surface area contributed by atoms with Crippen LogP contribution in [0.3, 0.4) is 0 Å². The van der Waals surface area contributed by atoms with Crippen LogP contribution in [0.25, 0.3) is 22.0 Å². The molecule has 25 heavy (non-hydrogen) atoms. The maximum Gasteiger partial charge on any atom is 0.133 e. The number of hydrogen-bond donors (Lipinski definition) is 0. The van der Waals surface area contributed by atoms with Crippen LogP contribution in [0.5, 0.6) is 0 Å². The molecule has 5 heteroatoms. The number of ether oxygens (including phenoxy) is 1. The Labute approximate surface area is 146 Å². The Morgan fingerprint density at radius 2 is 2.20 bits per heavy atom. The molecule has 1 atom stereocenters. The molecule has 1 unspecified atom stereocenters. The Hall–Kier alpha value is -2.53. The summed E-state index contributed by atoms with van der Waals surface area (Å²) in [5.41, 5.74) is 5.59. The average molecular weight is 335 g/mol. The first kappa shape index (κ1) is 16.0. The molecule has 0 N–H and O–H groups in total. The van der Waals surface area contributed by atoms with E-state index in [1.807, 2.05) is 37.2 Å². The number of benzene rings is 1. The van der Waals surface area contributed by atoms with E-state index in [1.165, 1.54) is 0 Å². The monoisotopic (exact) mass is 335 g/mol.